The predicted molar refractivity (Wildman–Crippen MR) is 98.1 cm³/mol. The molecular weight excluding hydrogens is 372 g/mol. The number of H-pyrrole nitrogens is 1. The number of anilines is 1. The van der Waals surface area contributed by atoms with Crippen LogP contribution in [0.15, 0.2) is 29.3 Å². The maximum Gasteiger partial charge on any atom is 0.263 e. The van der Waals surface area contributed by atoms with E-state index >= 15 is 0 Å². The lowest BCUT2D eigenvalue weighted by Gasteiger charge is -2.36. The average Bonchev–Trinajstić information content (AvgIpc) is 3.01. The molecule has 0 saturated carbocycles. The van der Waals surface area contributed by atoms with Crippen molar-refractivity contribution in [3.05, 3.63) is 47.0 Å². The number of nitrogens with one attached hydrogen (secondary N) is 2. The Morgan fingerprint density at radius 2 is 2.07 bits per heavy atom. The van der Waals surface area contributed by atoms with Gasteiger partial charge in [-0.1, -0.05) is 6.92 Å². The topological polar surface area (TPSA) is 85.8 Å². The summed E-state index contributed by atoms with van der Waals surface area (Å²) in [6.45, 7) is 4.95. The second-order valence-corrected chi connectivity index (χ2v) is 9.11. The first-order valence-electron chi connectivity index (χ1n) is 8.66. The van der Waals surface area contributed by atoms with Gasteiger partial charge in [-0.05, 0) is 50.5 Å². The van der Waals surface area contributed by atoms with Gasteiger partial charge >= 0.3 is 0 Å². The zero-order chi connectivity index (χ0) is 20.0. The number of alkyl halides is 1. The molecule has 0 saturated heterocycles. The fraction of sp³-hybridized carbons (Fsp3) is 0.421. The second kappa shape index (κ2) is 6.64. The van der Waals surface area contributed by atoms with Gasteiger partial charge in [-0.25, -0.2) is 17.2 Å². The largest absolute Gasteiger partial charge is 0.363 e. The van der Waals surface area contributed by atoms with E-state index in [9.17, 15) is 17.2 Å². The Kier molecular flexibility index (Phi) is 4.76. The minimum atomic E-state index is -4.03. The van der Waals surface area contributed by atoms with Gasteiger partial charge in [0.2, 0.25) is 0 Å². The van der Waals surface area contributed by atoms with Gasteiger partial charge in [0.05, 0.1) is 17.3 Å². The van der Waals surface area contributed by atoms with E-state index in [0.717, 1.165) is 6.07 Å². The van der Waals surface area contributed by atoms with Crippen molar-refractivity contribution in [2.24, 2.45) is 5.92 Å². The van der Waals surface area contributed by atoms with E-state index in [4.69, 9.17) is 5.26 Å². The third kappa shape index (κ3) is 3.56. The number of nitrogens with zero attached hydrogens (tertiary/aromatic N) is 1. The molecule has 27 heavy (non-hydrogen) atoms. The molecule has 2 aromatic rings. The fourth-order valence-electron chi connectivity index (χ4n) is 3.91. The van der Waals surface area contributed by atoms with Crippen LogP contribution in [0, 0.1) is 23.1 Å². The molecule has 0 bridgehead atoms. The van der Waals surface area contributed by atoms with Crippen molar-refractivity contribution in [1.29, 1.82) is 5.26 Å². The molecule has 0 spiro atoms. The molecule has 8 heteroatoms. The molecule has 0 fully saturated rings. The monoisotopic (exact) mass is 393 g/mol. The summed E-state index contributed by atoms with van der Waals surface area (Å²) in [5.74, 6) is -1.21. The van der Waals surface area contributed by atoms with Crippen molar-refractivity contribution in [1.82, 2.24) is 4.98 Å². The number of rotatable bonds is 4. The number of nitriles is 1. The minimum Gasteiger partial charge on any atom is -0.363 e. The summed E-state index contributed by atoms with van der Waals surface area (Å²) in [4.78, 5) is 3.02. The van der Waals surface area contributed by atoms with Crippen LogP contribution >= 0.6 is 0 Å². The van der Waals surface area contributed by atoms with Crippen LogP contribution < -0.4 is 4.72 Å². The highest BCUT2D eigenvalue weighted by Crippen LogP contribution is 2.44. The molecule has 3 rings (SSSR count). The smallest absolute Gasteiger partial charge is 0.263 e. The molecule has 2 atom stereocenters. The highest BCUT2D eigenvalue weighted by atomic mass is 32.2. The van der Waals surface area contributed by atoms with Crippen molar-refractivity contribution in [2.75, 3.05) is 4.72 Å². The Balaban J connectivity index is 1.93. The number of hydrogen-bond donors (Lipinski definition) is 2. The van der Waals surface area contributed by atoms with E-state index in [1.807, 2.05) is 6.92 Å². The van der Waals surface area contributed by atoms with Crippen molar-refractivity contribution in [3.63, 3.8) is 0 Å². The van der Waals surface area contributed by atoms with Gasteiger partial charge in [-0.3, -0.25) is 4.72 Å². The van der Waals surface area contributed by atoms with Gasteiger partial charge in [0.25, 0.3) is 10.0 Å². The van der Waals surface area contributed by atoms with E-state index in [-0.39, 0.29) is 28.0 Å². The highest BCUT2D eigenvalue weighted by Gasteiger charge is 2.40. The summed E-state index contributed by atoms with van der Waals surface area (Å²) in [5, 5.41) is 8.79. The highest BCUT2D eigenvalue weighted by molar-refractivity contribution is 7.92. The molecule has 1 heterocycles. The third-order valence-electron chi connectivity index (χ3n) is 5.26. The van der Waals surface area contributed by atoms with Crippen molar-refractivity contribution < 1.29 is 17.2 Å². The molecule has 0 radical (unpaired) electrons. The summed E-state index contributed by atoms with van der Waals surface area (Å²) in [5.41, 5.74) is -0.175. The van der Waals surface area contributed by atoms with Crippen molar-refractivity contribution in [3.8, 4) is 6.07 Å². The molecule has 0 amide bonds. The first-order chi connectivity index (χ1) is 12.5. The quantitative estimate of drug-likeness (QED) is 0.815. The van der Waals surface area contributed by atoms with Crippen LogP contribution in [0.25, 0.3) is 0 Å². The number of aromatic nitrogens is 1. The van der Waals surface area contributed by atoms with Crippen LogP contribution in [0.2, 0.25) is 0 Å². The van der Waals surface area contributed by atoms with Crippen molar-refractivity contribution >= 4 is 15.7 Å². The Morgan fingerprint density at radius 3 is 2.67 bits per heavy atom. The summed E-state index contributed by atoms with van der Waals surface area (Å²) in [7, 11) is -4.03. The molecule has 144 valence electrons. The average molecular weight is 393 g/mol. The molecule has 1 unspecified atom stereocenters. The fourth-order valence-corrected chi connectivity index (χ4v) is 5.23. The Bertz CT molecular complexity index is 1020. The summed E-state index contributed by atoms with van der Waals surface area (Å²) >= 11 is 0. The van der Waals surface area contributed by atoms with Gasteiger partial charge in [0.1, 0.15) is 16.4 Å². The van der Waals surface area contributed by atoms with Gasteiger partial charge in [-0.2, -0.15) is 5.26 Å². The SMILES string of the molecule is C[C@H]1c2[nH]cc(S(=O)(=O)Nc3ccc(C#N)cc3F)c2CCC1C(C)(C)F. The van der Waals surface area contributed by atoms with Crippen LogP contribution in [-0.4, -0.2) is 19.1 Å². The van der Waals surface area contributed by atoms with Gasteiger partial charge < -0.3 is 4.98 Å². The molecule has 5 nitrogen and oxygen atoms in total. The van der Waals surface area contributed by atoms with E-state index in [0.29, 0.717) is 24.1 Å². The summed E-state index contributed by atoms with van der Waals surface area (Å²) < 4.78 is 56.3. The van der Waals surface area contributed by atoms with Crippen molar-refractivity contribution in [2.45, 2.75) is 50.1 Å². The first-order valence-corrected chi connectivity index (χ1v) is 10.1. The minimum absolute atomic E-state index is 0.0447. The standard InChI is InChI=1S/C19H21F2N3O2S/c1-11-14(19(2,3)21)6-5-13-17(10-23-18(11)13)27(25,26)24-16-7-4-12(9-22)8-15(16)20/h4,7-8,10-11,14,23-24H,5-6H2,1-3H3/t11-,14?/m1/s1. The predicted octanol–water partition coefficient (Wildman–Crippen LogP) is 4.24. The number of halogens is 2. The zero-order valence-electron chi connectivity index (χ0n) is 15.3. The first kappa shape index (κ1) is 19.4. The van der Waals surface area contributed by atoms with Crippen LogP contribution in [0.5, 0.6) is 0 Å². The number of fused-ring (bicyclic) bond motifs is 1. The van der Waals surface area contributed by atoms with Crippen LogP contribution in [-0.2, 0) is 16.4 Å². The molecular formula is C19H21F2N3O2S. The van der Waals surface area contributed by atoms with E-state index in [2.05, 4.69) is 9.71 Å². The van der Waals surface area contributed by atoms with E-state index < -0.39 is 21.5 Å². The third-order valence-corrected chi connectivity index (χ3v) is 6.69. The lowest BCUT2D eigenvalue weighted by molar-refractivity contribution is 0.0940. The molecule has 0 aliphatic heterocycles. The number of benzene rings is 1. The normalized spacial score (nSPS) is 20.0. The number of sulfonamides is 1. The Morgan fingerprint density at radius 1 is 1.37 bits per heavy atom. The van der Waals surface area contributed by atoms with E-state index in [1.165, 1.54) is 32.2 Å². The number of aromatic amines is 1. The van der Waals surface area contributed by atoms with Gasteiger partial charge in [-0.15, -0.1) is 0 Å². The zero-order valence-corrected chi connectivity index (χ0v) is 16.1. The Labute approximate surface area is 157 Å². The van der Waals surface area contributed by atoms with E-state index in [1.54, 1.807) is 6.07 Å². The molecule has 1 aromatic carbocycles. The van der Waals surface area contributed by atoms with Gasteiger partial charge in [0.15, 0.2) is 0 Å². The lowest BCUT2D eigenvalue weighted by atomic mass is 9.72. The molecule has 1 aliphatic rings. The summed E-state index contributed by atoms with van der Waals surface area (Å²) in [6.07, 6.45) is 2.33. The lowest BCUT2D eigenvalue weighted by Crippen LogP contribution is -2.34. The molecule has 2 N–H and O–H groups in total. The molecule has 1 aliphatic carbocycles. The van der Waals surface area contributed by atoms with Crippen LogP contribution in [0.4, 0.5) is 14.5 Å². The Hall–Kier alpha value is -2.40. The summed E-state index contributed by atoms with van der Waals surface area (Å²) in [6, 6.07) is 5.32. The van der Waals surface area contributed by atoms with Crippen LogP contribution in [0.3, 0.4) is 0 Å². The number of hydrogen-bond acceptors (Lipinski definition) is 3. The maximum absolute atomic E-state index is 14.4. The maximum atomic E-state index is 14.4. The second-order valence-electron chi connectivity index (χ2n) is 7.46. The molecule has 1 aromatic heterocycles. The van der Waals surface area contributed by atoms with Crippen LogP contribution in [0.1, 0.15) is 49.9 Å². The van der Waals surface area contributed by atoms with Gasteiger partial charge in [0, 0.05) is 23.7 Å².